The van der Waals surface area contributed by atoms with Crippen molar-refractivity contribution in [3.63, 3.8) is 0 Å². The molecule has 2 aromatic heterocycles. The lowest BCUT2D eigenvalue weighted by atomic mass is 10.3. The molecule has 0 spiro atoms. The van der Waals surface area contributed by atoms with Crippen LogP contribution >= 0.6 is 0 Å². The second-order valence-electron chi connectivity index (χ2n) is 3.20. The largest absolute Gasteiger partial charge is 0.450 e. The average Bonchev–Trinajstić information content (AvgIpc) is 2.77. The Bertz CT molecular complexity index is 552. The lowest BCUT2D eigenvalue weighted by Crippen LogP contribution is -2.24. The number of hydrogen-bond donors (Lipinski definition) is 0. The zero-order valence-electron chi connectivity index (χ0n) is 8.68. The van der Waals surface area contributed by atoms with Gasteiger partial charge in [-0.25, -0.2) is 9.97 Å². The molecule has 18 heavy (non-hydrogen) atoms. The lowest BCUT2D eigenvalue weighted by molar-refractivity contribution is -0.170. The molecular formula is C9H5F3N4O2. The van der Waals surface area contributed by atoms with Crippen LogP contribution in [-0.4, -0.2) is 32.1 Å². The molecule has 0 saturated carbocycles. The van der Waals surface area contributed by atoms with Gasteiger partial charge in [0.2, 0.25) is 17.5 Å². The lowest BCUT2D eigenvalue weighted by Gasteiger charge is -2.00. The van der Waals surface area contributed by atoms with Crippen molar-refractivity contribution in [1.82, 2.24) is 20.1 Å². The van der Waals surface area contributed by atoms with E-state index in [4.69, 9.17) is 0 Å². The number of aromatic nitrogens is 4. The predicted molar refractivity (Wildman–Crippen MR) is 50.1 cm³/mol. The van der Waals surface area contributed by atoms with E-state index in [1.54, 1.807) is 0 Å². The molecule has 0 aliphatic heterocycles. The topological polar surface area (TPSA) is 81.8 Å². The summed E-state index contributed by atoms with van der Waals surface area (Å²) in [6.07, 6.45) is -3.25. The van der Waals surface area contributed by atoms with Crippen molar-refractivity contribution in [3.05, 3.63) is 24.5 Å². The number of ketones is 1. The minimum Gasteiger partial charge on any atom is -0.338 e. The quantitative estimate of drug-likeness (QED) is 0.822. The van der Waals surface area contributed by atoms with Crippen LogP contribution in [0, 0.1) is 0 Å². The molecule has 0 unspecified atom stereocenters. The molecule has 2 rings (SSSR count). The molecule has 0 bridgehead atoms. The van der Waals surface area contributed by atoms with Gasteiger partial charge in [-0.05, 0) is 6.07 Å². The van der Waals surface area contributed by atoms with E-state index in [-0.39, 0.29) is 5.82 Å². The Morgan fingerprint density at radius 2 is 2.17 bits per heavy atom. The summed E-state index contributed by atoms with van der Waals surface area (Å²) in [4.78, 5) is 21.8. The maximum Gasteiger partial charge on any atom is 0.450 e. The first-order chi connectivity index (χ1) is 8.47. The highest BCUT2D eigenvalue weighted by atomic mass is 19.4. The normalized spacial score (nSPS) is 11.5. The molecule has 0 aliphatic rings. The van der Waals surface area contributed by atoms with Gasteiger partial charge in [0.1, 0.15) is 12.0 Å². The minimum absolute atomic E-state index is 0.00220. The zero-order chi connectivity index (χ0) is 13.2. The van der Waals surface area contributed by atoms with Crippen molar-refractivity contribution in [3.8, 4) is 11.5 Å². The molecule has 0 amide bonds. The summed E-state index contributed by atoms with van der Waals surface area (Å²) in [5.74, 6) is -2.35. The number of nitrogens with zero attached hydrogens (tertiary/aromatic N) is 4. The Balaban J connectivity index is 2.15. The summed E-state index contributed by atoms with van der Waals surface area (Å²) in [5, 5.41) is 3.43. The van der Waals surface area contributed by atoms with Crippen LogP contribution in [0.15, 0.2) is 23.1 Å². The second-order valence-corrected chi connectivity index (χ2v) is 3.20. The number of hydrogen-bond acceptors (Lipinski definition) is 6. The van der Waals surface area contributed by atoms with E-state index in [0.717, 1.165) is 0 Å². The van der Waals surface area contributed by atoms with Gasteiger partial charge in [0.15, 0.2) is 0 Å². The Morgan fingerprint density at radius 1 is 1.39 bits per heavy atom. The van der Waals surface area contributed by atoms with Crippen LogP contribution in [0.4, 0.5) is 13.2 Å². The van der Waals surface area contributed by atoms with Gasteiger partial charge in [0, 0.05) is 6.20 Å². The van der Waals surface area contributed by atoms with Gasteiger partial charge in [0.05, 0.1) is 6.42 Å². The fraction of sp³-hybridized carbons (Fsp3) is 0.222. The molecule has 94 valence electrons. The Hall–Kier alpha value is -2.32. The summed E-state index contributed by atoms with van der Waals surface area (Å²) in [5.41, 5.74) is 0.291. The van der Waals surface area contributed by atoms with Gasteiger partial charge in [0.25, 0.3) is 0 Å². The summed E-state index contributed by atoms with van der Waals surface area (Å²) in [6.45, 7) is 0. The first-order valence-electron chi connectivity index (χ1n) is 4.66. The average molecular weight is 258 g/mol. The highest BCUT2D eigenvalue weighted by molar-refractivity contribution is 5.85. The van der Waals surface area contributed by atoms with Crippen LogP contribution in [0.3, 0.4) is 0 Å². The van der Waals surface area contributed by atoms with E-state index >= 15 is 0 Å². The Labute approximate surface area is 97.9 Å². The van der Waals surface area contributed by atoms with E-state index in [9.17, 15) is 18.0 Å². The molecule has 0 fully saturated rings. The number of Topliss-reactive ketones (excluding diaryl/α,β-unsaturated/α-hetero) is 1. The van der Waals surface area contributed by atoms with Crippen molar-refractivity contribution >= 4 is 5.78 Å². The van der Waals surface area contributed by atoms with Gasteiger partial charge < -0.3 is 4.52 Å². The van der Waals surface area contributed by atoms with Crippen molar-refractivity contribution < 1.29 is 22.5 Å². The summed E-state index contributed by atoms with van der Waals surface area (Å²) < 4.78 is 40.6. The maximum atomic E-state index is 12.0. The highest BCUT2D eigenvalue weighted by Crippen LogP contribution is 2.19. The van der Waals surface area contributed by atoms with Crippen LogP contribution < -0.4 is 0 Å². The summed E-state index contributed by atoms with van der Waals surface area (Å²) in [6, 6.07) is 1.46. The monoisotopic (exact) mass is 258 g/mol. The van der Waals surface area contributed by atoms with Gasteiger partial charge in [-0.15, -0.1) is 0 Å². The van der Waals surface area contributed by atoms with Crippen molar-refractivity contribution in [1.29, 1.82) is 0 Å². The van der Waals surface area contributed by atoms with E-state index < -0.39 is 24.3 Å². The molecular weight excluding hydrogens is 253 g/mol. The molecule has 0 aromatic carbocycles. The minimum atomic E-state index is -4.91. The summed E-state index contributed by atoms with van der Waals surface area (Å²) in [7, 11) is 0. The van der Waals surface area contributed by atoms with Crippen LogP contribution in [0.2, 0.25) is 0 Å². The van der Waals surface area contributed by atoms with E-state index in [0.29, 0.717) is 5.69 Å². The van der Waals surface area contributed by atoms with Crippen molar-refractivity contribution in [2.45, 2.75) is 12.6 Å². The van der Waals surface area contributed by atoms with Crippen LogP contribution in [0.25, 0.3) is 11.5 Å². The predicted octanol–water partition coefficient (Wildman–Crippen LogP) is 1.20. The first kappa shape index (κ1) is 12.1. The standard InChI is InChI=1S/C9H5F3N4O2/c10-9(11,12)6(17)3-7-15-8(16-18-7)5-1-2-13-4-14-5/h1-2,4H,3H2. The third-order valence-corrected chi connectivity index (χ3v) is 1.91. The molecule has 9 heteroatoms. The maximum absolute atomic E-state index is 12.0. The van der Waals surface area contributed by atoms with E-state index in [1.165, 1.54) is 18.6 Å². The van der Waals surface area contributed by atoms with Crippen molar-refractivity contribution in [2.75, 3.05) is 0 Å². The third kappa shape index (κ3) is 2.67. The van der Waals surface area contributed by atoms with E-state index in [2.05, 4.69) is 24.6 Å². The van der Waals surface area contributed by atoms with Gasteiger partial charge in [-0.3, -0.25) is 4.79 Å². The van der Waals surface area contributed by atoms with Crippen LogP contribution in [0.1, 0.15) is 5.89 Å². The van der Waals surface area contributed by atoms with Crippen molar-refractivity contribution in [2.24, 2.45) is 0 Å². The fourth-order valence-corrected chi connectivity index (χ4v) is 1.09. The smallest absolute Gasteiger partial charge is 0.338 e. The molecule has 2 heterocycles. The SMILES string of the molecule is O=C(Cc1nc(-c2ccncn2)no1)C(F)(F)F. The van der Waals surface area contributed by atoms with Crippen LogP contribution in [-0.2, 0) is 11.2 Å². The van der Waals surface area contributed by atoms with Gasteiger partial charge >= 0.3 is 6.18 Å². The van der Waals surface area contributed by atoms with Gasteiger partial charge in [-0.1, -0.05) is 5.16 Å². The highest BCUT2D eigenvalue weighted by Gasteiger charge is 2.39. The Kier molecular flexibility index (Phi) is 3.04. The second kappa shape index (κ2) is 4.51. The summed E-state index contributed by atoms with van der Waals surface area (Å²) >= 11 is 0. The molecule has 2 aromatic rings. The molecule has 0 aliphatic carbocycles. The third-order valence-electron chi connectivity index (χ3n) is 1.91. The number of carbonyl (C=O) groups is 1. The number of rotatable bonds is 3. The molecule has 0 N–H and O–H groups in total. The van der Waals surface area contributed by atoms with Gasteiger partial charge in [-0.2, -0.15) is 18.2 Å². The first-order valence-corrected chi connectivity index (χ1v) is 4.66. The zero-order valence-corrected chi connectivity index (χ0v) is 8.68. The fourth-order valence-electron chi connectivity index (χ4n) is 1.09. The number of alkyl halides is 3. The molecule has 6 nitrogen and oxygen atoms in total. The molecule has 0 radical (unpaired) electrons. The molecule has 0 saturated heterocycles. The van der Waals surface area contributed by atoms with Crippen LogP contribution in [0.5, 0.6) is 0 Å². The number of carbonyl (C=O) groups excluding carboxylic acids is 1. The number of halogens is 3. The van der Waals surface area contributed by atoms with E-state index in [1.807, 2.05) is 0 Å². The molecule has 0 atom stereocenters. The Morgan fingerprint density at radius 3 is 2.78 bits per heavy atom.